The molecule has 0 amide bonds. The van der Waals surface area contributed by atoms with E-state index < -0.39 is 0 Å². The summed E-state index contributed by atoms with van der Waals surface area (Å²) in [6, 6.07) is 33.7. The van der Waals surface area contributed by atoms with Crippen molar-refractivity contribution in [2.45, 2.75) is 0 Å². The Kier molecular flexibility index (Phi) is 6.60. The molecule has 7 heteroatoms. The fraction of sp³-hybridized carbons (Fsp3) is 0. The molecular weight excluding hydrogens is 546 g/mol. The predicted molar refractivity (Wildman–Crippen MR) is 177 cm³/mol. The number of hydrogen-bond acceptors (Lipinski definition) is 5. The van der Waals surface area contributed by atoms with Crippen LogP contribution < -0.4 is 11.1 Å². The number of aromatic nitrogens is 5. The number of pyridine rings is 1. The van der Waals surface area contributed by atoms with E-state index in [9.17, 15) is 9.59 Å². The van der Waals surface area contributed by atoms with Crippen LogP contribution in [-0.2, 0) is 0 Å². The Hall–Kier alpha value is -6.21. The average molecular weight is 572 g/mol. The Morgan fingerprint density at radius 1 is 0.636 bits per heavy atom. The summed E-state index contributed by atoms with van der Waals surface area (Å²) in [6.07, 6.45) is 5.14. The summed E-state index contributed by atoms with van der Waals surface area (Å²) in [5.41, 5.74) is 3.81. The van der Waals surface area contributed by atoms with Crippen molar-refractivity contribution in [3.8, 4) is 28.5 Å². The van der Waals surface area contributed by atoms with E-state index in [2.05, 4.69) is 13.2 Å². The lowest BCUT2D eigenvalue weighted by Crippen LogP contribution is -2.27. The minimum absolute atomic E-state index is 0.232. The third-order valence-corrected chi connectivity index (χ3v) is 7.52. The van der Waals surface area contributed by atoms with Crippen molar-refractivity contribution < 1.29 is 0 Å². The molecule has 0 aliphatic carbocycles. The quantitative estimate of drug-likeness (QED) is 0.122. The number of hydrogen-bond donors (Lipinski definition) is 0. The van der Waals surface area contributed by atoms with Gasteiger partial charge in [0.05, 0.1) is 16.7 Å². The highest BCUT2D eigenvalue weighted by Crippen LogP contribution is 2.26. The van der Waals surface area contributed by atoms with Crippen molar-refractivity contribution in [2.24, 2.45) is 0 Å². The van der Waals surface area contributed by atoms with Crippen LogP contribution in [0.3, 0.4) is 0 Å². The molecule has 3 aromatic heterocycles. The maximum Gasteiger partial charge on any atom is 0.280 e. The van der Waals surface area contributed by atoms with E-state index in [-0.39, 0.29) is 16.6 Å². The molecule has 0 fully saturated rings. The molecule has 4 aromatic carbocycles. The predicted octanol–water partition coefficient (Wildman–Crippen LogP) is 7.03. The molecule has 0 bridgehead atoms. The van der Waals surface area contributed by atoms with Gasteiger partial charge in [-0.1, -0.05) is 104 Å². The Labute approximate surface area is 252 Å². The molecule has 0 aliphatic rings. The van der Waals surface area contributed by atoms with E-state index >= 15 is 0 Å². The van der Waals surface area contributed by atoms with Crippen LogP contribution in [0.2, 0.25) is 0 Å². The monoisotopic (exact) mass is 571 g/mol. The van der Waals surface area contributed by atoms with Crippen LogP contribution >= 0.6 is 0 Å². The average Bonchev–Trinajstić information content (AvgIpc) is 3.08. The Balaban J connectivity index is 1.49. The number of fused-ring (bicyclic) bond motifs is 4. The summed E-state index contributed by atoms with van der Waals surface area (Å²) < 4.78 is 3.14. The van der Waals surface area contributed by atoms with E-state index in [0.717, 1.165) is 5.56 Å². The van der Waals surface area contributed by atoms with Gasteiger partial charge >= 0.3 is 0 Å². The minimum Gasteiger partial charge on any atom is -0.274 e. The van der Waals surface area contributed by atoms with Crippen LogP contribution in [0.5, 0.6) is 0 Å². The molecule has 7 rings (SSSR count). The van der Waals surface area contributed by atoms with Crippen LogP contribution in [0, 0.1) is 0 Å². The Morgan fingerprint density at radius 2 is 1.32 bits per heavy atom. The molecule has 210 valence electrons. The Bertz CT molecular complexity index is 2420. The highest BCUT2D eigenvalue weighted by atomic mass is 16.1. The van der Waals surface area contributed by atoms with Gasteiger partial charge in [0.15, 0.2) is 17.5 Å². The summed E-state index contributed by atoms with van der Waals surface area (Å²) in [5.74, 6) is 1.40. The first-order valence-corrected chi connectivity index (χ1v) is 14.0. The number of para-hydroxylation sites is 2. The maximum absolute atomic E-state index is 14.2. The lowest BCUT2D eigenvalue weighted by atomic mass is 10.1. The van der Waals surface area contributed by atoms with Crippen molar-refractivity contribution >= 4 is 32.9 Å². The first kappa shape index (κ1) is 26.7. The van der Waals surface area contributed by atoms with Gasteiger partial charge in [-0.2, -0.15) is 0 Å². The molecule has 7 aromatic rings. The number of rotatable bonds is 6. The zero-order chi connectivity index (χ0) is 30.2. The summed E-state index contributed by atoms with van der Waals surface area (Å²) in [7, 11) is 0. The van der Waals surface area contributed by atoms with E-state index in [1.54, 1.807) is 34.9 Å². The molecule has 0 spiro atoms. The van der Waals surface area contributed by atoms with Gasteiger partial charge in [0.2, 0.25) is 0 Å². The van der Waals surface area contributed by atoms with E-state index in [1.165, 1.54) is 4.40 Å². The van der Waals surface area contributed by atoms with Crippen molar-refractivity contribution in [2.75, 3.05) is 0 Å². The SMILES string of the molecule is C=C/C=C(\C=C)c1nc(-c2ccccc2)nc(-c2cccc(-n3c(=O)c4cc5ccccc5c(=O)n4c4ccccc43)c2)n1. The Morgan fingerprint density at radius 3 is 2.09 bits per heavy atom. The standard InChI is InChI=1S/C37H25N5O2/c1-3-13-24(4-2)33-38-34(25-14-6-5-7-15-25)40-35(39-33)27-17-12-18-28(22-27)41-30-20-10-11-21-31(30)42-32(37(41)44)23-26-16-8-9-19-29(26)36(42)43/h3-23H,1-2H2/b24-13+. The minimum atomic E-state index is -0.312. The van der Waals surface area contributed by atoms with E-state index in [4.69, 9.17) is 15.0 Å². The molecule has 3 heterocycles. The summed E-state index contributed by atoms with van der Waals surface area (Å²) in [4.78, 5) is 42.2. The van der Waals surface area contributed by atoms with Gasteiger partial charge in [-0.05, 0) is 41.8 Å². The summed E-state index contributed by atoms with van der Waals surface area (Å²) in [5, 5.41) is 1.26. The van der Waals surface area contributed by atoms with Crippen LogP contribution in [0.25, 0.3) is 61.4 Å². The highest BCUT2D eigenvalue weighted by molar-refractivity contribution is 5.89. The van der Waals surface area contributed by atoms with Crippen LogP contribution in [0.4, 0.5) is 0 Å². The van der Waals surface area contributed by atoms with Gasteiger partial charge in [0, 0.05) is 22.1 Å². The number of allylic oxidation sites excluding steroid dienone is 4. The largest absolute Gasteiger partial charge is 0.280 e. The van der Waals surface area contributed by atoms with Crippen LogP contribution in [-0.4, -0.2) is 23.9 Å². The van der Waals surface area contributed by atoms with E-state index in [1.807, 2.05) is 97.1 Å². The molecular formula is C37H25N5O2. The zero-order valence-electron chi connectivity index (χ0n) is 23.6. The van der Waals surface area contributed by atoms with Crippen molar-refractivity contribution in [1.29, 1.82) is 0 Å². The fourth-order valence-corrected chi connectivity index (χ4v) is 5.47. The first-order chi connectivity index (χ1) is 21.6. The molecule has 44 heavy (non-hydrogen) atoms. The van der Waals surface area contributed by atoms with Gasteiger partial charge in [-0.25, -0.2) is 15.0 Å². The van der Waals surface area contributed by atoms with Crippen molar-refractivity contribution in [3.05, 3.63) is 167 Å². The number of nitrogens with zero attached hydrogens (tertiary/aromatic N) is 5. The smallest absolute Gasteiger partial charge is 0.274 e. The third-order valence-electron chi connectivity index (χ3n) is 7.52. The molecule has 0 saturated carbocycles. The maximum atomic E-state index is 14.2. The topological polar surface area (TPSA) is 82.1 Å². The second kappa shape index (κ2) is 10.9. The highest BCUT2D eigenvalue weighted by Gasteiger charge is 2.17. The van der Waals surface area contributed by atoms with Crippen molar-refractivity contribution in [1.82, 2.24) is 23.9 Å². The van der Waals surface area contributed by atoms with Crippen molar-refractivity contribution in [3.63, 3.8) is 0 Å². The van der Waals surface area contributed by atoms with Gasteiger partial charge in [-0.15, -0.1) is 0 Å². The molecule has 7 nitrogen and oxygen atoms in total. The zero-order valence-corrected chi connectivity index (χ0v) is 23.6. The van der Waals surface area contributed by atoms with Gasteiger partial charge in [-0.3, -0.25) is 18.6 Å². The van der Waals surface area contributed by atoms with Crippen LogP contribution in [0.15, 0.2) is 150 Å². The third kappa shape index (κ3) is 4.44. The summed E-state index contributed by atoms with van der Waals surface area (Å²) in [6.45, 7) is 7.73. The molecule has 0 atom stereocenters. The summed E-state index contributed by atoms with van der Waals surface area (Å²) >= 11 is 0. The van der Waals surface area contributed by atoms with Gasteiger partial charge in [0.25, 0.3) is 11.1 Å². The number of benzene rings is 4. The molecule has 0 saturated heterocycles. The molecule has 0 N–H and O–H groups in total. The second-order valence-electron chi connectivity index (χ2n) is 10.2. The second-order valence-corrected chi connectivity index (χ2v) is 10.2. The normalized spacial score (nSPS) is 11.7. The van der Waals surface area contributed by atoms with Crippen LogP contribution in [0.1, 0.15) is 5.82 Å². The first-order valence-electron chi connectivity index (χ1n) is 14.0. The fourth-order valence-electron chi connectivity index (χ4n) is 5.47. The van der Waals surface area contributed by atoms with Gasteiger partial charge < -0.3 is 0 Å². The lowest BCUT2D eigenvalue weighted by Gasteiger charge is -2.15. The molecule has 0 unspecified atom stereocenters. The molecule has 0 aliphatic heterocycles. The molecule has 0 radical (unpaired) electrons. The van der Waals surface area contributed by atoms with E-state index in [0.29, 0.717) is 56.1 Å². The van der Waals surface area contributed by atoms with Gasteiger partial charge in [0.1, 0.15) is 5.52 Å². The lowest BCUT2D eigenvalue weighted by molar-refractivity contribution is 1.00.